The summed E-state index contributed by atoms with van der Waals surface area (Å²) in [5, 5.41) is 4.79. The van der Waals surface area contributed by atoms with Crippen molar-refractivity contribution in [3.63, 3.8) is 0 Å². The maximum atomic E-state index is 12.2. The maximum absolute atomic E-state index is 12.2. The van der Waals surface area contributed by atoms with Gasteiger partial charge in [0.1, 0.15) is 0 Å². The van der Waals surface area contributed by atoms with Gasteiger partial charge in [-0.2, -0.15) is 5.10 Å². The van der Waals surface area contributed by atoms with Crippen molar-refractivity contribution in [2.75, 3.05) is 0 Å². The van der Waals surface area contributed by atoms with Gasteiger partial charge in [-0.25, -0.2) is 0 Å². The zero-order valence-electron chi connectivity index (χ0n) is 10.1. The first kappa shape index (κ1) is 13.5. The molecule has 0 saturated heterocycles. The molecule has 0 unspecified atom stereocenters. The van der Waals surface area contributed by atoms with E-state index in [1.54, 1.807) is 11.7 Å². The lowest BCUT2D eigenvalue weighted by Gasteiger charge is -2.04. The van der Waals surface area contributed by atoms with Crippen LogP contribution < -0.4 is 0 Å². The summed E-state index contributed by atoms with van der Waals surface area (Å²) in [6, 6.07) is 7.54. The van der Waals surface area contributed by atoms with E-state index in [9.17, 15) is 4.79 Å². The van der Waals surface area contributed by atoms with E-state index in [-0.39, 0.29) is 12.2 Å². The summed E-state index contributed by atoms with van der Waals surface area (Å²) >= 11 is 8.31. The quantitative estimate of drug-likeness (QED) is 0.609. The first-order valence-electron chi connectivity index (χ1n) is 5.46. The smallest absolute Gasteiger partial charge is 0.169 e. The van der Waals surface area contributed by atoms with Crippen molar-refractivity contribution in [3.05, 3.63) is 49.8 Å². The normalized spacial score (nSPS) is 10.7. The van der Waals surface area contributed by atoms with Gasteiger partial charge in [0.15, 0.2) is 5.78 Å². The van der Waals surface area contributed by atoms with E-state index in [1.807, 2.05) is 31.2 Å². The molecule has 18 heavy (non-hydrogen) atoms. The molecular weight excluding hydrogens is 363 g/mol. The number of carbonyl (C=O) groups excluding carboxylic acids is 1. The van der Waals surface area contributed by atoms with E-state index in [2.05, 4.69) is 27.7 Å². The Morgan fingerprint density at radius 3 is 2.67 bits per heavy atom. The summed E-state index contributed by atoms with van der Waals surface area (Å²) in [5.74, 6) is 0.0601. The molecule has 0 bridgehead atoms. The molecule has 1 aromatic carbocycles. The average Bonchev–Trinajstić information content (AvgIpc) is 2.56. The predicted octanol–water partition coefficient (Wildman–Crippen LogP) is 3.41. The number of benzene rings is 1. The SMILES string of the molecule is Cc1nn(C)c(CC(=O)c2ccccc2I)c1Cl. The highest BCUT2D eigenvalue weighted by Crippen LogP contribution is 2.22. The largest absolute Gasteiger partial charge is 0.294 e. The van der Waals surface area contributed by atoms with Crippen LogP contribution in [-0.4, -0.2) is 15.6 Å². The minimum absolute atomic E-state index is 0.0601. The van der Waals surface area contributed by atoms with Crippen molar-refractivity contribution in [1.82, 2.24) is 9.78 Å². The highest BCUT2D eigenvalue weighted by atomic mass is 127. The summed E-state index contributed by atoms with van der Waals surface area (Å²) in [6.07, 6.45) is 0.274. The van der Waals surface area contributed by atoms with E-state index in [4.69, 9.17) is 11.6 Å². The third kappa shape index (κ3) is 2.59. The van der Waals surface area contributed by atoms with Gasteiger partial charge in [-0.15, -0.1) is 0 Å². The van der Waals surface area contributed by atoms with Crippen LogP contribution in [0.15, 0.2) is 24.3 Å². The van der Waals surface area contributed by atoms with Crippen LogP contribution in [0.5, 0.6) is 0 Å². The van der Waals surface area contributed by atoms with E-state index in [0.717, 1.165) is 20.5 Å². The van der Waals surface area contributed by atoms with Crippen LogP contribution in [0.4, 0.5) is 0 Å². The monoisotopic (exact) mass is 374 g/mol. The highest BCUT2D eigenvalue weighted by Gasteiger charge is 2.17. The number of ketones is 1. The van der Waals surface area contributed by atoms with Crippen LogP contribution in [-0.2, 0) is 13.5 Å². The van der Waals surface area contributed by atoms with E-state index < -0.39 is 0 Å². The zero-order valence-corrected chi connectivity index (χ0v) is 13.0. The molecule has 0 atom stereocenters. The van der Waals surface area contributed by atoms with Crippen molar-refractivity contribution >= 4 is 40.0 Å². The Morgan fingerprint density at radius 2 is 2.11 bits per heavy atom. The molecule has 0 aliphatic heterocycles. The minimum atomic E-state index is 0.0601. The predicted molar refractivity (Wildman–Crippen MR) is 80.1 cm³/mol. The van der Waals surface area contributed by atoms with Gasteiger partial charge in [0.2, 0.25) is 0 Å². The number of hydrogen-bond donors (Lipinski definition) is 0. The number of carbonyl (C=O) groups is 1. The zero-order chi connectivity index (χ0) is 13.3. The Morgan fingerprint density at radius 1 is 1.44 bits per heavy atom. The highest BCUT2D eigenvalue weighted by molar-refractivity contribution is 14.1. The molecule has 0 fully saturated rings. The molecule has 0 aliphatic carbocycles. The van der Waals surface area contributed by atoms with E-state index in [0.29, 0.717) is 5.02 Å². The fourth-order valence-corrected chi connectivity index (χ4v) is 2.72. The Hall–Kier alpha value is -0.880. The average molecular weight is 375 g/mol. The number of aryl methyl sites for hydroxylation is 2. The Labute approximate surface area is 124 Å². The van der Waals surface area contributed by atoms with Crippen molar-refractivity contribution < 1.29 is 4.79 Å². The molecule has 0 spiro atoms. The molecule has 0 radical (unpaired) electrons. The number of halogens is 2. The van der Waals surface area contributed by atoms with Gasteiger partial charge < -0.3 is 0 Å². The number of hydrogen-bond acceptors (Lipinski definition) is 2. The van der Waals surface area contributed by atoms with Crippen molar-refractivity contribution in [2.45, 2.75) is 13.3 Å². The Balaban J connectivity index is 2.30. The Kier molecular flexibility index (Phi) is 4.07. The second kappa shape index (κ2) is 5.40. The van der Waals surface area contributed by atoms with Gasteiger partial charge in [-0.05, 0) is 35.6 Å². The van der Waals surface area contributed by atoms with Crippen LogP contribution in [0.25, 0.3) is 0 Å². The minimum Gasteiger partial charge on any atom is -0.294 e. The van der Waals surface area contributed by atoms with Gasteiger partial charge in [0, 0.05) is 16.2 Å². The van der Waals surface area contributed by atoms with E-state index in [1.165, 1.54) is 0 Å². The molecule has 0 N–H and O–H groups in total. The topological polar surface area (TPSA) is 34.9 Å². The summed E-state index contributed by atoms with van der Waals surface area (Å²) in [5.41, 5.74) is 2.25. The molecule has 94 valence electrons. The second-order valence-corrected chi connectivity index (χ2v) is 5.59. The lowest BCUT2D eigenvalue weighted by Crippen LogP contribution is -2.09. The number of Topliss-reactive ketones (excluding diaryl/α,β-unsaturated/α-hetero) is 1. The standard InChI is InChI=1S/C13H12ClIN2O/c1-8-13(14)11(17(2)16-8)7-12(18)9-5-3-4-6-10(9)15/h3-6H,7H2,1-2H3. The molecule has 2 aromatic rings. The lowest BCUT2D eigenvalue weighted by atomic mass is 10.1. The molecule has 1 heterocycles. The van der Waals surface area contributed by atoms with Gasteiger partial charge in [0.05, 0.1) is 22.8 Å². The molecular formula is C13H12ClIN2O. The first-order chi connectivity index (χ1) is 8.50. The van der Waals surface area contributed by atoms with Gasteiger partial charge in [0.25, 0.3) is 0 Å². The summed E-state index contributed by atoms with van der Waals surface area (Å²) < 4.78 is 2.63. The van der Waals surface area contributed by atoms with Crippen LogP contribution in [0.3, 0.4) is 0 Å². The molecule has 5 heteroatoms. The third-order valence-corrected chi connectivity index (χ3v) is 4.20. The maximum Gasteiger partial charge on any atom is 0.169 e. The van der Waals surface area contributed by atoms with Gasteiger partial charge in [-0.1, -0.05) is 29.8 Å². The Bertz CT molecular complexity index is 607. The summed E-state index contributed by atoms with van der Waals surface area (Å²) in [7, 11) is 1.80. The lowest BCUT2D eigenvalue weighted by molar-refractivity contribution is 0.0990. The fraction of sp³-hybridized carbons (Fsp3) is 0.231. The van der Waals surface area contributed by atoms with Crippen LogP contribution in [0.1, 0.15) is 21.7 Å². The molecule has 3 nitrogen and oxygen atoms in total. The second-order valence-electron chi connectivity index (χ2n) is 4.05. The van der Waals surface area contributed by atoms with Gasteiger partial charge in [-0.3, -0.25) is 9.48 Å². The molecule has 1 aromatic heterocycles. The third-order valence-electron chi connectivity index (χ3n) is 2.76. The number of rotatable bonds is 3. The number of aromatic nitrogens is 2. The van der Waals surface area contributed by atoms with Gasteiger partial charge >= 0.3 is 0 Å². The van der Waals surface area contributed by atoms with Crippen molar-refractivity contribution in [3.8, 4) is 0 Å². The van der Waals surface area contributed by atoms with Crippen molar-refractivity contribution in [2.24, 2.45) is 7.05 Å². The first-order valence-corrected chi connectivity index (χ1v) is 6.92. The summed E-state index contributed by atoms with van der Waals surface area (Å²) in [4.78, 5) is 12.2. The molecule has 0 amide bonds. The molecule has 2 rings (SSSR count). The van der Waals surface area contributed by atoms with Crippen LogP contribution in [0, 0.1) is 10.5 Å². The molecule has 0 aliphatic rings. The fourth-order valence-electron chi connectivity index (χ4n) is 1.81. The van der Waals surface area contributed by atoms with Crippen LogP contribution in [0.2, 0.25) is 5.02 Å². The molecule has 0 saturated carbocycles. The van der Waals surface area contributed by atoms with Crippen molar-refractivity contribution in [1.29, 1.82) is 0 Å². The van der Waals surface area contributed by atoms with E-state index >= 15 is 0 Å². The number of nitrogens with zero attached hydrogens (tertiary/aromatic N) is 2. The summed E-state index contributed by atoms with van der Waals surface area (Å²) in [6.45, 7) is 1.84. The van der Waals surface area contributed by atoms with Crippen LogP contribution >= 0.6 is 34.2 Å².